The number of carbonyl (C=O) groups is 1. The molecule has 0 saturated carbocycles. The Bertz CT molecular complexity index is 972. The van der Waals surface area contributed by atoms with E-state index in [1.165, 1.54) is 0 Å². The van der Waals surface area contributed by atoms with Gasteiger partial charge in [-0.15, -0.1) is 0 Å². The van der Waals surface area contributed by atoms with Crippen LogP contribution >= 0.6 is 11.3 Å². The molecule has 0 spiro atoms. The Hall–Kier alpha value is -3.19. The van der Waals surface area contributed by atoms with E-state index in [9.17, 15) is 4.79 Å². The Labute approximate surface area is 148 Å². The highest BCUT2D eigenvalue weighted by molar-refractivity contribution is 7.08. The second kappa shape index (κ2) is 6.74. The van der Waals surface area contributed by atoms with E-state index < -0.39 is 0 Å². The first-order valence-corrected chi connectivity index (χ1v) is 8.69. The topological polar surface area (TPSA) is 64.7 Å². The monoisotopic (exact) mass is 349 g/mol. The first-order chi connectivity index (χ1) is 12.3. The van der Waals surface area contributed by atoms with Crippen molar-refractivity contribution in [1.82, 2.24) is 19.6 Å². The molecule has 124 valence electrons. The van der Waals surface area contributed by atoms with Gasteiger partial charge in [0.25, 0.3) is 0 Å². The number of aromatic nitrogens is 4. The second-order valence-corrected chi connectivity index (χ2v) is 6.20. The zero-order valence-corrected chi connectivity index (χ0v) is 14.1. The highest BCUT2D eigenvalue weighted by atomic mass is 32.1. The van der Waals surface area contributed by atoms with Crippen LogP contribution in [0.3, 0.4) is 0 Å². The van der Waals surface area contributed by atoms with Gasteiger partial charge in [-0.3, -0.25) is 9.48 Å². The number of benzene rings is 1. The van der Waals surface area contributed by atoms with Gasteiger partial charge in [-0.25, -0.2) is 4.68 Å². The van der Waals surface area contributed by atoms with E-state index in [1.807, 2.05) is 53.2 Å². The minimum Gasteiger partial charge on any atom is -0.309 e. The predicted octanol–water partition coefficient (Wildman–Crippen LogP) is 3.44. The summed E-state index contributed by atoms with van der Waals surface area (Å²) in [5.74, 6) is 0.471. The molecule has 0 aliphatic heterocycles. The lowest BCUT2D eigenvalue weighted by Gasteiger charge is -2.09. The van der Waals surface area contributed by atoms with Gasteiger partial charge in [-0.05, 0) is 29.6 Å². The minimum absolute atomic E-state index is 0.143. The number of para-hydroxylation sites is 1. The summed E-state index contributed by atoms with van der Waals surface area (Å²) in [6.45, 7) is 0.143. The van der Waals surface area contributed by atoms with Crippen LogP contribution in [-0.2, 0) is 11.3 Å². The first kappa shape index (κ1) is 15.3. The Kier molecular flexibility index (Phi) is 4.14. The van der Waals surface area contributed by atoms with E-state index in [1.54, 1.807) is 39.2 Å². The minimum atomic E-state index is -0.155. The van der Waals surface area contributed by atoms with Gasteiger partial charge in [0, 0.05) is 23.2 Å². The molecule has 0 saturated heterocycles. The molecule has 4 aromatic rings. The van der Waals surface area contributed by atoms with Gasteiger partial charge in [-0.1, -0.05) is 18.2 Å². The van der Waals surface area contributed by atoms with Crippen LogP contribution in [0.15, 0.2) is 71.7 Å². The van der Waals surface area contributed by atoms with E-state index in [4.69, 9.17) is 0 Å². The van der Waals surface area contributed by atoms with Crippen LogP contribution in [0.2, 0.25) is 0 Å². The molecule has 3 aromatic heterocycles. The number of anilines is 1. The van der Waals surface area contributed by atoms with Gasteiger partial charge in [0.05, 0.1) is 17.6 Å². The van der Waals surface area contributed by atoms with Crippen molar-refractivity contribution in [3.05, 3.63) is 71.7 Å². The van der Waals surface area contributed by atoms with Gasteiger partial charge in [0.2, 0.25) is 5.91 Å². The van der Waals surface area contributed by atoms with Crippen LogP contribution in [0.4, 0.5) is 5.82 Å². The van der Waals surface area contributed by atoms with Gasteiger partial charge >= 0.3 is 0 Å². The third-order valence-corrected chi connectivity index (χ3v) is 4.36. The average Bonchev–Trinajstić information content (AvgIpc) is 3.37. The second-order valence-electron chi connectivity index (χ2n) is 5.42. The van der Waals surface area contributed by atoms with Crippen LogP contribution < -0.4 is 5.32 Å². The molecular formula is C18H15N5OS. The number of hydrogen-bond donors (Lipinski definition) is 1. The van der Waals surface area contributed by atoms with E-state index in [2.05, 4.69) is 15.5 Å². The van der Waals surface area contributed by atoms with Gasteiger partial charge in [0.15, 0.2) is 0 Å². The molecule has 3 heterocycles. The summed E-state index contributed by atoms with van der Waals surface area (Å²) < 4.78 is 3.32. The number of nitrogens with zero attached hydrogens (tertiary/aromatic N) is 4. The summed E-state index contributed by atoms with van der Waals surface area (Å²) in [5, 5.41) is 15.6. The maximum absolute atomic E-state index is 12.3. The highest BCUT2D eigenvalue weighted by Gasteiger charge is 2.10. The zero-order chi connectivity index (χ0) is 17.1. The molecule has 0 fully saturated rings. The zero-order valence-electron chi connectivity index (χ0n) is 13.2. The fourth-order valence-electron chi connectivity index (χ4n) is 2.52. The van der Waals surface area contributed by atoms with Crippen LogP contribution in [-0.4, -0.2) is 25.5 Å². The molecule has 6 nitrogen and oxygen atoms in total. The van der Waals surface area contributed by atoms with Crippen molar-refractivity contribution in [2.24, 2.45) is 0 Å². The van der Waals surface area contributed by atoms with Crippen LogP contribution in [0.5, 0.6) is 0 Å². The third-order valence-electron chi connectivity index (χ3n) is 3.67. The van der Waals surface area contributed by atoms with Crippen molar-refractivity contribution in [3.8, 4) is 16.9 Å². The predicted molar refractivity (Wildman–Crippen MR) is 97.7 cm³/mol. The van der Waals surface area contributed by atoms with E-state index in [0.717, 1.165) is 16.9 Å². The van der Waals surface area contributed by atoms with Gasteiger partial charge in [0.1, 0.15) is 12.4 Å². The van der Waals surface area contributed by atoms with Crippen LogP contribution in [0.25, 0.3) is 16.9 Å². The van der Waals surface area contributed by atoms with Crippen molar-refractivity contribution in [2.75, 3.05) is 5.32 Å². The fourth-order valence-corrected chi connectivity index (χ4v) is 3.17. The van der Waals surface area contributed by atoms with Crippen molar-refractivity contribution >= 4 is 23.1 Å². The van der Waals surface area contributed by atoms with Gasteiger partial charge in [-0.2, -0.15) is 21.5 Å². The lowest BCUT2D eigenvalue weighted by atomic mass is 10.2. The number of thiophene rings is 1. The molecule has 1 aromatic carbocycles. The summed E-state index contributed by atoms with van der Waals surface area (Å²) in [4.78, 5) is 12.3. The SMILES string of the molecule is O=C(Cn1ccc(-c2ccsc2)n1)Nc1ccnn1-c1ccccc1. The molecule has 0 atom stereocenters. The molecule has 4 rings (SSSR count). The lowest BCUT2D eigenvalue weighted by Crippen LogP contribution is -2.20. The number of hydrogen-bond acceptors (Lipinski definition) is 4. The van der Waals surface area contributed by atoms with Crippen molar-refractivity contribution in [3.63, 3.8) is 0 Å². The molecule has 0 bridgehead atoms. The Morgan fingerprint density at radius 1 is 1.12 bits per heavy atom. The largest absolute Gasteiger partial charge is 0.309 e. The maximum Gasteiger partial charge on any atom is 0.247 e. The maximum atomic E-state index is 12.3. The van der Waals surface area contributed by atoms with E-state index in [0.29, 0.717) is 5.82 Å². The lowest BCUT2D eigenvalue weighted by molar-refractivity contribution is -0.116. The molecule has 1 amide bonds. The highest BCUT2D eigenvalue weighted by Crippen LogP contribution is 2.19. The summed E-state index contributed by atoms with van der Waals surface area (Å²) >= 11 is 1.62. The van der Waals surface area contributed by atoms with Crippen molar-refractivity contribution < 1.29 is 4.79 Å². The number of rotatable bonds is 5. The molecule has 0 radical (unpaired) electrons. The third kappa shape index (κ3) is 3.36. The Morgan fingerprint density at radius 2 is 2.00 bits per heavy atom. The number of amides is 1. The molecule has 1 N–H and O–H groups in total. The summed E-state index contributed by atoms with van der Waals surface area (Å²) in [7, 11) is 0. The quantitative estimate of drug-likeness (QED) is 0.600. The molecule has 0 aliphatic rings. The van der Waals surface area contributed by atoms with Gasteiger partial charge < -0.3 is 5.32 Å². The Balaban J connectivity index is 1.46. The van der Waals surface area contributed by atoms with Crippen LogP contribution in [0.1, 0.15) is 0 Å². The van der Waals surface area contributed by atoms with Crippen molar-refractivity contribution in [2.45, 2.75) is 6.54 Å². The molecule has 25 heavy (non-hydrogen) atoms. The fraction of sp³-hybridized carbons (Fsp3) is 0.0556. The standard InChI is InChI=1S/C18H15N5OS/c24-18(12-22-10-7-16(21-22)14-8-11-25-13-14)20-17-6-9-19-23(17)15-4-2-1-3-5-15/h1-11,13H,12H2,(H,20,24). The molecular weight excluding hydrogens is 334 g/mol. The first-order valence-electron chi connectivity index (χ1n) is 7.75. The molecule has 0 aliphatic carbocycles. The normalized spacial score (nSPS) is 10.7. The number of carbonyl (C=O) groups excluding carboxylic acids is 1. The summed E-state index contributed by atoms with van der Waals surface area (Å²) in [5.41, 5.74) is 2.82. The van der Waals surface area contributed by atoms with E-state index >= 15 is 0 Å². The number of nitrogens with one attached hydrogen (secondary N) is 1. The summed E-state index contributed by atoms with van der Waals surface area (Å²) in [6.07, 6.45) is 3.46. The smallest absolute Gasteiger partial charge is 0.247 e. The molecule has 7 heteroatoms. The van der Waals surface area contributed by atoms with Crippen LogP contribution in [0, 0.1) is 0 Å². The average molecular weight is 349 g/mol. The van der Waals surface area contributed by atoms with E-state index in [-0.39, 0.29) is 12.5 Å². The molecule has 0 unspecified atom stereocenters. The van der Waals surface area contributed by atoms with Crippen molar-refractivity contribution in [1.29, 1.82) is 0 Å². The summed E-state index contributed by atoms with van der Waals surface area (Å²) in [6, 6.07) is 15.3. The Morgan fingerprint density at radius 3 is 2.80 bits per heavy atom.